The summed E-state index contributed by atoms with van der Waals surface area (Å²) >= 11 is 0. The van der Waals surface area contributed by atoms with Crippen LogP contribution in [0.5, 0.6) is 0 Å². The van der Waals surface area contributed by atoms with Crippen LogP contribution in [0.1, 0.15) is 19.8 Å². The van der Waals surface area contributed by atoms with E-state index in [2.05, 4.69) is 45.1 Å². The smallest absolute Gasteiger partial charge is 0.169 e. The first kappa shape index (κ1) is 18.4. The molecule has 1 aliphatic heterocycles. The Bertz CT molecular complexity index is 145. The predicted molar refractivity (Wildman–Crippen MR) is 85.6 cm³/mol. The van der Waals surface area contributed by atoms with Crippen LogP contribution in [0.4, 0.5) is 0 Å². The van der Waals surface area contributed by atoms with Crippen LogP contribution < -0.4 is 0 Å². The SMILES string of the molecule is CC1CCCN1C.C[SiH2]O[Si](C)(C)C.I. The van der Waals surface area contributed by atoms with Crippen molar-refractivity contribution in [2.24, 2.45) is 0 Å². The molecule has 0 radical (unpaired) electrons. The van der Waals surface area contributed by atoms with E-state index >= 15 is 0 Å². The zero-order valence-corrected chi connectivity index (χ0v) is 15.9. The highest BCUT2D eigenvalue weighted by atomic mass is 127. The van der Waals surface area contributed by atoms with Gasteiger partial charge < -0.3 is 9.02 Å². The van der Waals surface area contributed by atoms with Crippen LogP contribution in [-0.2, 0) is 4.12 Å². The van der Waals surface area contributed by atoms with Crippen LogP contribution in [-0.4, -0.2) is 42.6 Å². The fraction of sp³-hybridized carbons (Fsp3) is 1.00. The van der Waals surface area contributed by atoms with Crippen LogP contribution in [0.3, 0.4) is 0 Å². The van der Waals surface area contributed by atoms with Crippen molar-refractivity contribution in [3.63, 3.8) is 0 Å². The molecule has 1 heterocycles. The van der Waals surface area contributed by atoms with Crippen molar-refractivity contribution in [2.45, 2.75) is 52.0 Å². The molecule has 0 N–H and O–H groups in total. The van der Waals surface area contributed by atoms with Gasteiger partial charge in [0.1, 0.15) is 9.76 Å². The van der Waals surface area contributed by atoms with Crippen molar-refractivity contribution < 1.29 is 4.12 Å². The van der Waals surface area contributed by atoms with Gasteiger partial charge in [0.25, 0.3) is 0 Å². The van der Waals surface area contributed by atoms with Gasteiger partial charge in [-0.3, -0.25) is 0 Å². The average Bonchev–Trinajstić information content (AvgIpc) is 2.35. The van der Waals surface area contributed by atoms with E-state index in [4.69, 9.17) is 4.12 Å². The van der Waals surface area contributed by atoms with E-state index in [1.54, 1.807) is 0 Å². The summed E-state index contributed by atoms with van der Waals surface area (Å²) in [7, 11) is 0.968. The standard InChI is InChI=1S/C6H13N.C4H14OSi2.HI/c1-6-4-3-5-7(6)2;1-6-5-7(2,3)4;/h6H,3-5H2,1-2H3;6H2,1-4H3;1H. The molecular weight excluding hydrogens is 333 g/mol. The van der Waals surface area contributed by atoms with E-state index in [1.165, 1.54) is 19.4 Å². The van der Waals surface area contributed by atoms with Gasteiger partial charge in [0.15, 0.2) is 8.32 Å². The number of halogens is 1. The fourth-order valence-corrected chi connectivity index (χ4v) is 4.97. The van der Waals surface area contributed by atoms with Crippen molar-refractivity contribution in [1.29, 1.82) is 0 Å². The van der Waals surface area contributed by atoms with Gasteiger partial charge in [-0.25, -0.2) is 0 Å². The number of hydrogen-bond donors (Lipinski definition) is 0. The van der Waals surface area contributed by atoms with Crippen LogP contribution >= 0.6 is 24.0 Å². The molecule has 2 nitrogen and oxygen atoms in total. The summed E-state index contributed by atoms with van der Waals surface area (Å²) in [5.41, 5.74) is 0. The lowest BCUT2D eigenvalue weighted by molar-refractivity contribution is 0.331. The van der Waals surface area contributed by atoms with E-state index in [9.17, 15) is 0 Å². The highest BCUT2D eigenvalue weighted by Crippen LogP contribution is 2.12. The minimum Gasteiger partial charge on any atom is -0.461 e. The van der Waals surface area contributed by atoms with Crippen LogP contribution in [0.25, 0.3) is 0 Å². The Kier molecular flexibility index (Phi) is 11.3. The maximum Gasteiger partial charge on any atom is 0.169 e. The lowest BCUT2D eigenvalue weighted by Gasteiger charge is -2.14. The molecule has 94 valence electrons. The zero-order valence-electron chi connectivity index (χ0n) is 11.2. The number of nitrogens with zero attached hydrogens (tertiary/aromatic N) is 1. The first-order valence-corrected chi connectivity index (χ1v) is 11.1. The normalized spacial score (nSPS) is 22.4. The van der Waals surface area contributed by atoms with Crippen molar-refractivity contribution in [2.75, 3.05) is 13.6 Å². The minimum absolute atomic E-state index is 0. The van der Waals surface area contributed by atoms with Crippen LogP contribution in [0.2, 0.25) is 26.2 Å². The molecule has 0 bridgehead atoms. The fourth-order valence-electron chi connectivity index (χ4n) is 1.51. The third kappa shape index (κ3) is 11.3. The lowest BCUT2D eigenvalue weighted by Crippen LogP contribution is -2.26. The van der Waals surface area contributed by atoms with Gasteiger partial charge in [0.05, 0.1) is 0 Å². The summed E-state index contributed by atoms with van der Waals surface area (Å²) in [6.45, 7) is 12.4. The second kappa shape index (κ2) is 9.15. The Labute approximate surface area is 116 Å². The van der Waals surface area contributed by atoms with E-state index in [-0.39, 0.29) is 33.7 Å². The summed E-state index contributed by atoms with van der Waals surface area (Å²) in [5, 5.41) is 0. The molecule has 0 amide bonds. The van der Waals surface area contributed by atoms with Crippen LogP contribution in [0, 0.1) is 0 Å². The highest BCUT2D eigenvalue weighted by molar-refractivity contribution is 14.0. The Hall–Kier alpha value is 1.08. The lowest BCUT2D eigenvalue weighted by atomic mass is 10.3. The molecule has 0 aromatic carbocycles. The van der Waals surface area contributed by atoms with Crippen molar-refractivity contribution in [3.05, 3.63) is 0 Å². The molecule has 0 aromatic rings. The molecule has 0 saturated carbocycles. The highest BCUT2D eigenvalue weighted by Gasteiger charge is 2.14. The minimum atomic E-state index is -1.10. The van der Waals surface area contributed by atoms with Gasteiger partial charge >= 0.3 is 0 Å². The molecule has 1 fully saturated rings. The first-order chi connectivity index (χ1) is 6.37. The van der Waals surface area contributed by atoms with E-state index in [0.717, 1.165) is 6.04 Å². The van der Waals surface area contributed by atoms with Crippen molar-refractivity contribution in [3.8, 4) is 0 Å². The molecule has 5 heteroatoms. The molecule has 0 spiro atoms. The van der Waals surface area contributed by atoms with E-state index in [1.807, 2.05) is 0 Å². The predicted octanol–water partition coefficient (Wildman–Crippen LogP) is 2.69. The maximum atomic E-state index is 5.51. The Morgan fingerprint density at radius 1 is 1.33 bits per heavy atom. The summed E-state index contributed by atoms with van der Waals surface area (Å²) in [6.07, 6.45) is 2.80. The van der Waals surface area contributed by atoms with Gasteiger partial charge in [-0.1, -0.05) is 6.55 Å². The largest absolute Gasteiger partial charge is 0.461 e. The second-order valence-corrected chi connectivity index (χ2v) is 11.0. The zero-order chi connectivity index (χ0) is 11.2. The Morgan fingerprint density at radius 3 is 1.93 bits per heavy atom. The van der Waals surface area contributed by atoms with Crippen molar-refractivity contribution in [1.82, 2.24) is 4.90 Å². The van der Waals surface area contributed by atoms with Gasteiger partial charge in [-0.05, 0) is 53.0 Å². The monoisotopic (exact) mass is 361 g/mol. The molecule has 0 aliphatic carbocycles. The van der Waals surface area contributed by atoms with Crippen LogP contribution in [0.15, 0.2) is 0 Å². The molecule has 1 saturated heterocycles. The molecule has 1 aliphatic rings. The van der Waals surface area contributed by atoms with Gasteiger partial charge in [-0.2, -0.15) is 0 Å². The molecule has 1 atom stereocenters. The quantitative estimate of drug-likeness (QED) is 0.554. The molecule has 0 aromatic heterocycles. The van der Waals surface area contributed by atoms with E-state index < -0.39 is 8.32 Å². The molecule has 1 unspecified atom stereocenters. The molecular formula is C10H28INOSi2. The summed E-state index contributed by atoms with van der Waals surface area (Å²) in [6, 6.07) is 0.847. The third-order valence-electron chi connectivity index (χ3n) is 2.46. The first-order valence-electron chi connectivity index (χ1n) is 5.71. The number of likely N-dealkylation sites (tertiary alicyclic amines) is 1. The second-order valence-electron chi connectivity index (χ2n) is 5.02. The van der Waals surface area contributed by atoms with Gasteiger partial charge in [0.2, 0.25) is 0 Å². The molecule has 1 rings (SSSR count). The third-order valence-corrected chi connectivity index (χ3v) is 7.08. The summed E-state index contributed by atoms with van der Waals surface area (Å²) in [4.78, 5) is 2.40. The molecule has 15 heavy (non-hydrogen) atoms. The Balaban J connectivity index is 0. The summed E-state index contributed by atoms with van der Waals surface area (Å²) < 4.78 is 5.51. The summed E-state index contributed by atoms with van der Waals surface area (Å²) in [5.74, 6) is 0. The number of hydrogen-bond acceptors (Lipinski definition) is 2. The van der Waals surface area contributed by atoms with E-state index in [0.29, 0.717) is 0 Å². The van der Waals surface area contributed by atoms with Gasteiger partial charge in [-0.15, -0.1) is 24.0 Å². The average molecular weight is 361 g/mol. The Morgan fingerprint density at radius 2 is 1.87 bits per heavy atom. The topological polar surface area (TPSA) is 12.5 Å². The van der Waals surface area contributed by atoms with Crippen molar-refractivity contribution >= 4 is 42.1 Å². The maximum absolute atomic E-state index is 5.51. The number of rotatable bonds is 2. The van der Waals surface area contributed by atoms with Gasteiger partial charge in [0, 0.05) is 6.04 Å².